The maximum atomic E-state index is 14.3. The highest BCUT2D eigenvalue weighted by molar-refractivity contribution is 5.99. The number of nitrogens with one attached hydrogen (secondary N) is 2. The van der Waals surface area contributed by atoms with Crippen molar-refractivity contribution in [3.63, 3.8) is 0 Å². The maximum absolute atomic E-state index is 14.3. The smallest absolute Gasteiger partial charge is 0.408 e. The van der Waals surface area contributed by atoms with Gasteiger partial charge in [0.05, 0.1) is 7.11 Å². The molecule has 8 nitrogen and oxygen atoms in total. The van der Waals surface area contributed by atoms with Crippen LogP contribution in [0.2, 0.25) is 0 Å². The molecule has 0 aliphatic heterocycles. The van der Waals surface area contributed by atoms with Crippen LogP contribution in [-0.2, 0) is 20.7 Å². The number of anilines is 1. The third-order valence-corrected chi connectivity index (χ3v) is 6.33. The zero-order chi connectivity index (χ0) is 30.0. The van der Waals surface area contributed by atoms with Crippen LogP contribution in [0.3, 0.4) is 0 Å². The quantitative estimate of drug-likeness (QED) is 0.298. The van der Waals surface area contributed by atoms with E-state index in [9.17, 15) is 14.4 Å². The van der Waals surface area contributed by atoms with Gasteiger partial charge in [-0.3, -0.25) is 9.59 Å². The van der Waals surface area contributed by atoms with Crippen molar-refractivity contribution in [2.24, 2.45) is 0 Å². The third kappa shape index (κ3) is 9.38. The average molecular weight is 560 g/mol. The fourth-order valence-electron chi connectivity index (χ4n) is 4.41. The normalized spacial score (nSPS) is 12.5. The van der Waals surface area contributed by atoms with Gasteiger partial charge >= 0.3 is 6.09 Å². The Kier molecular flexibility index (Phi) is 10.9. The second-order valence-electron chi connectivity index (χ2n) is 11.0. The summed E-state index contributed by atoms with van der Waals surface area (Å²) in [5.74, 6) is -0.0774. The molecule has 0 heterocycles. The first-order valence-electron chi connectivity index (χ1n) is 13.9. The van der Waals surface area contributed by atoms with E-state index in [1.807, 2.05) is 68.4 Å². The summed E-state index contributed by atoms with van der Waals surface area (Å²) in [6.07, 6.45) is 0.145. The molecular formula is C33H41N3O5. The Balaban J connectivity index is 2.00. The van der Waals surface area contributed by atoms with Crippen LogP contribution in [0.4, 0.5) is 10.5 Å². The molecule has 0 spiro atoms. The number of rotatable bonds is 11. The van der Waals surface area contributed by atoms with Gasteiger partial charge in [-0.2, -0.15) is 0 Å². The van der Waals surface area contributed by atoms with Crippen LogP contribution in [0.15, 0.2) is 78.9 Å². The lowest BCUT2D eigenvalue weighted by atomic mass is 9.99. The minimum atomic E-state index is -0.958. The Morgan fingerprint density at radius 2 is 1.54 bits per heavy atom. The van der Waals surface area contributed by atoms with E-state index >= 15 is 0 Å². The molecule has 0 bridgehead atoms. The van der Waals surface area contributed by atoms with Crippen LogP contribution in [0, 0.1) is 6.92 Å². The Labute approximate surface area is 243 Å². The minimum Gasteiger partial charge on any atom is -0.497 e. The highest BCUT2D eigenvalue weighted by Crippen LogP contribution is 2.26. The summed E-state index contributed by atoms with van der Waals surface area (Å²) in [7, 11) is 1.58. The molecule has 0 saturated heterocycles. The number of hydrogen-bond acceptors (Lipinski definition) is 5. The Hall–Kier alpha value is -4.33. The molecule has 0 aromatic heterocycles. The van der Waals surface area contributed by atoms with Gasteiger partial charge < -0.3 is 25.0 Å². The zero-order valence-corrected chi connectivity index (χ0v) is 24.8. The van der Waals surface area contributed by atoms with Crippen LogP contribution in [-0.4, -0.2) is 48.1 Å². The Morgan fingerprint density at radius 3 is 2.10 bits per heavy atom. The highest BCUT2D eigenvalue weighted by Gasteiger charge is 2.36. The second kappa shape index (κ2) is 14.3. The van der Waals surface area contributed by atoms with Crippen LogP contribution in [0.1, 0.15) is 56.8 Å². The number of carbonyl (C=O) groups excluding carboxylic acids is 3. The summed E-state index contributed by atoms with van der Waals surface area (Å²) in [4.78, 5) is 42.6. The molecule has 0 aliphatic rings. The van der Waals surface area contributed by atoms with Gasteiger partial charge in [0.15, 0.2) is 0 Å². The molecule has 0 fully saturated rings. The van der Waals surface area contributed by atoms with E-state index in [4.69, 9.17) is 9.47 Å². The number of hydrogen-bond donors (Lipinski definition) is 2. The van der Waals surface area contributed by atoms with Gasteiger partial charge in [0, 0.05) is 18.7 Å². The molecule has 0 radical (unpaired) electrons. The molecule has 2 unspecified atom stereocenters. The van der Waals surface area contributed by atoms with Crippen molar-refractivity contribution < 1.29 is 23.9 Å². The standard InChI is InChI=1S/C33H41N3O5/c1-7-21-36(31(38)28(22-24-11-9-8-10-12-24)35-32(39)41-33(3,4)5)29(25-15-13-23(2)14-16-25)30(37)34-26-17-19-27(40-6)20-18-26/h8-20,28-29H,7,21-22H2,1-6H3,(H,34,37)(H,35,39). The lowest BCUT2D eigenvalue weighted by Crippen LogP contribution is -2.53. The van der Waals surface area contributed by atoms with Crippen molar-refractivity contribution >= 4 is 23.6 Å². The van der Waals surface area contributed by atoms with Gasteiger partial charge in [-0.05, 0) is 69.5 Å². The Morgan fingerprint density at radius 1 is 0.902 bits per heavy atom. The van der Waals surface area contributed by atoms with Gasteiger partial charge in [0.2, 0.25) is 5.91 Å². The first-order chi connectivity index (χ1) is 19.5. The SMILES string of the molecule is CCCN(C(=O)C(Cc1ccccc1)NC(=O)OC(C)(C)C)C(C(=O)Nc1ccc(OC)cc1)c1ccc(C)cc1. The number of aryl methyl sites for hydroxylation is 1. The molecule has 3 amide bonds. The average Bonchev–Trinajstić information content (AvgIpc) is 2.93. The van der Waals surface area contributed by atoms with Gasteiger partial charge in [0.25, 0.3) is 5.91 Å². The first kappa shape index (κ1) is 31.2. The molecule has 0 saturated carbocycles. The summed E-state index contributed by atoms with van der Waals surface area (Å²) >= 11 is 0. The molecule has 0 aliphatic carbocycles. The largest absolute Gasteiger partial charge is 0.497 e. The summed E-state index contributed by atoms with van der Waals surface area (Å²) < 4.78 is 10.7. The lowest BCUT2D eigenvalue weighted by molar-refractivity contribution is -0.140. The first-order valence-corrected chi connectivity index (χ1v) is 13.9. The third-order valence-electron chi connectivity index (χ3n) is 6.33. The van der Waals surface area contributed by atoms with E-state index in [0.717, 1.165) is 11.1 Å². The monoisotopic (exact) mass is 559 g/mol. The van der Waals surface area contributed by atoms with Gasteiger partial charge in [-0.15, -0.1) is 0 Å². The molecule has 3 aromatic rings. The highest BCUT2D eigenvalue weighted by atomic mass is 16.6. The summed E-state index contributed by atoms with van der Waals surface area (Å²) in [5, 5.41) is 5.74. The van der Waals surface area contributed by atoms with E-state index in [2.05, 4.69) is 10.6 Å². The number of benzene rings is 3. The van der Waals surface area contributed by atoms with Crippen molar-refractivity contribution in [1.29, 1.82) is 0 Å². The summed E-state index contributed by atoms with van der Waals surface area (Å²) in [6, 6.07) is 22.1. The molecule has 8 heteroatoms. The van der Waals surface area contributed by atoms with Crippen LogP contribution >= 0.6 is 0 Å². The number of amides is 3. The maximum Gasteiger partial charge on any atom is 0.408 e. The van der Waals surface area contributed by atoms with E-state index in [1.165, 1.54) is 0 Å². The Bertz CT molecular complexity index is 1290. The van der Waals surface area contributed by atoms with Crippen molar-refractivity contribution in [2.75, 3.05) is 19.0 Å². The van der Waals surface area contributed by atoms with E-state index in [-0.39, 0.29) is 18.2 Å². The van der Waals surface area contributed by atoms with Gasteiger partial charge in [-0.1, -0.05) is 67.1 Å². The van der Waals surface area contributed by atoms with E-state index in [0.29, 0.717) is 30.0 Å². The van der Waals surface area contributed by atoms with Crippen LogP contribution < -0.4 is 15.4 Å². The van der Waals surface area contributed by atoms with E-state index < -0.39 is 23.8 Å². The van der Waals surface area contributed by atoms with Crippen LogP contribution in [0.25, 0.3) is 0 Å². The number of methoxy groups -OCH3 is 1. The van der Waals surface area contributed by atoms with Crippen LogP contribution in [0.5, 0.6) is 5.75 Å². The molecule has 41 heavy (non-hydrogen) atoms. The van der Waals surface area contributed by atoms with Crippen molar-refractivity contribution in [1.82, 2.24) is 10.2 Å². The fraction of sp³-hybridized carbons (Fsp3) is 0.364. The number of nitrogens with zero attached hydrogens (tertiary/aromatic N) is 1. The molecule has 218 valence electrons. The summed E-state index contributed by atoms with van der Waals surface area (Å²) in [6.45, 7) is 9.50. The van der Waals surface area contributed by atoms with E-state index in [1.54, 1.807) is 57.0 Å². The zero-order valence-electron chi connectivity index (χ0n) is 24.8. The molecule has 2 N–H and O–H groups in total. The van der Waals surface area contributed by atoms with Crippen molar-refractivity contribution in [3.05, 3.63) is 95.6 Å². The summed E-state index contributed by atoms with van der Waals surface area (Å²) in [5.41, 5.74) is 2.40. The molecular weight excluding hydrogens is 518 g/mol. The fourth-order valence-corrected chi connectivity index (χ4v) is 4.41. The van der Waals surface area contributed by atoms with Crippen molar-refractivity contribution in [2.45, 2.75) is 65.1 Å². The molecule has 3 aromatic carbocycles. The van der Waals surface area contributed by atoms with Gasteiger partial charge in [-0.25, -0.2) is 4.79 Å². The predicted molar refractivity (Wildman–Crippen MR) is 161 cm³/mol. The number of carbonyl (C=O) groups is 3. The van der Waals surface area contributed by atoms with Crippen molar-refractivity contribution in [3.8, 4) is 5.75 Å². The minimum absolute atomic E-state index is 0.236. The number of ether oxygens (including phenoxy) is 2. The number of alkyl carbamates (subject to hydrolysis) is 1. The van der Waals surface area contributed by atoms with Gasteiger partial charge in [0.1, 0.15) is 23.4 Å². The second-order valence-corrected chi connectivity index (χ2v) is 11.0. The molecule has 2 atom stereocenters. The lowest BCUT2D eigenvalue weighted by Gasteiger charge is -2.34. The molecule has 3 rings (SSSR count). The topological polar surface area (TPSA) is 97.0 Å². The predicted octanol–water partition coefficient (Wildman–Crippen LogP) is 6.06.